The van der Waals surface area contributed by atoms with Crippen LogP contribution < -0.4 is 4.74 Å². The van der Waals surface area contributed by atoms with Gasteiger partial charge in [0.15, 0.2) is 0 Å². The van der Waals surface area contributed by atoms with Gasteiger partial charge in [-0.25, -0.2) is 4.79 Å². The van der Waals surface area contributed by atoms with Crippen LogP contribution in [0.25, 0.3) is 5.57 Å². The van der Waals surface area contributed by atoms with E-state index in [0.29, 0.717) is 12.2 Å². The van der Waals surface area contributed by atoms with Crippen LogP contribution >= 0.6 is 0 Å². The van der Waals surface area contributed by atoms with E-state index in [9.17, 15) is 4.79 Å². The molecule has 0 aliphatic carbocycles. The van der Waals surface area contributed by atoms with E-state index in [0.717, 1.165) is 42.1 Å². The van der Waals surface area contributed by atoms with Crippen molar-refractivity contribution >= 4 is 11.5 Å². The summed E-state index contributed by atoms with van der Waals surface area (Å²) in [5.74, 6) is 0.478. The Hall–Kier alpha value is -2.59. The highest BCUT2D eigenvalue weighted by molar-refractivity contribution is 5.93. The van der Waals surface area contributed by atoms with Gasteiger partial charge in [0.1, 0.15) is 12.4 Å². The smallest absolute Gasteiger partial charge is 0.337 e. The Morgan fingerprint density at radius 2 is 1.96 bits per heavy atom. The summed E-state index contributed by atoms with van der Waals surface area (Å²) in [6, 6.07) is 13.9. The van der Waals surface area contributed by atoms with Gasteiger partial charge in [-0.1, -0.05) is 30.3 Å². The van der Waals surface area contributed by atoms with Crippen LogP contribution in [0, 0.1) is 0 Å². The van der Waals surface area contributed by atoms with Gasteiger partial charge in [0.05, 0.1) is 12.7 Å². The van der Waals surface area contributed by atoms with Crippen LogP contribution in [0.5, 0.6) is 5.75 Å². The number of nitrogens with zero attached hydrogens (tertiary/aromatic N) is 1. The summed E-state index contributed by atoms with van der Waals surface area (Å²) in [5, 5.41) is 0. The van der Waals surface area contributed by atoms with Crippen molar-refractivity contribution in [1.29, 1.82) is 0 Å². The standard InChI is InChI=1S/C22H23NO3/c1-25-22(24)16-8-9-21-20(14-16)19(10-13-23-11-4-5-12-23)18-7-3-2-6-17(18)15-26-21/h2-3,6-10,14H,4-5,11-13,15H2,1H3. The molecule has 0 bridgehead atoms. The number of esters is 1. The topological polar surface area (TPSA) is 38.8 Å². The van der Waals surface area contributed by atoms with E-state index in [1.165, 1.54) is 25.5 Å². The van der Waals surface area contributed by atoms with Crippen LogP contribution in [-0.4, -0.2) is 37.6 Å². The van der Waals surface area contributed by atoms with E-state index in [1.54, 1.807) is 6.07 Å². The molecule has 1 saturated heterocycles. The van der Waals surface area contributed by atoms with Crippen LogP contribution in [0.4, 0.5) is 0 Å². The lowest BCUT2D eigenvalue weighted by Crippen LogP contribution is -2.19. The SMILES string of the molecule is COC(=O)c1ccc2c(c1)C(=CCN1CCCC1)c1ccccc1CO2. The molecule has 0 aromatic heterocycles. The van der Waals surface area contributed by atoms with Crippen molar-refractivity contribution in [2.75, 3.05) is 26.7 Å². The van der Waals surface area contributed by atoms with Crippen LogP contribution in [-0.2, 0) is 11.3 Å². The highest BCUT2D eigenvalue weighted by Gasteiger charge is 2.21. The molecule has 2 heterocycles. The van der Waals surface area contributed by atoms with E-state index < -0.39 is 0 Å². The van der Waals surface area contributed by atoms with Gasteiger partial charge < -0.3 is 9.47 Å². The average Bonchev–Trinajstić information content (AvgIpc) is 3.15. The van der Waals surface area contributed by atoms with Gasteiger partial charge in [0.25, 0.3) is 0 Å². The maximum atomic E-state index is 12.0. The fourth-order valence-electron chi connectivity index (χ4n) is 3.73. The van der Waals surface area contributed by atoms with Crippen LogP contribution in [0.1, 0.15) is 39.9 Å². The lowest BCUT2D eigenvalue weighted by Gasteiger charge is -2.15. The summed E-state index contributed by atoms with van der Waals surface area (Å²) in [4.78, 5) is 14.5. The monoisotopic (exact) mass is 349 g/mol. The zero-order valence-electron chi connectivity index (χ0n) is 15.0. The van der Waals surface area contributed by atoms with Gasteiger partial charge in [0, 0.05) is 12.1 Å². The second kappa shape index (κ2) is 7.34. The minimum absolute atomic E-state index is 0.329. The normalized spacial score (nSPS) is 18.0. The van der Waals surface area contributed by atoms with Gasteiger partial charge in [-0.05, 0) is 60.8 Å². The number of hydrogen-bond acceptors (Lipinski definition) is 4. The number of carbonyl (C=O) groups is 1. The second-order valence-electron chi connectivity index (χ2n) is 6.77. The molecule has 2 aliphatic rings. The number of rotatable bonds is 3. The second-order valence-corrected chi connectivity index (χ2v) is 6.77. The molecule has 0 radical (unpaired) electrons. The van der Waals surface area contributed by atoms with Crippen molar-refractivity contribution in [3.05, 3.63) is 70.8 Å². The maximum Gasteiger partial charge on any atom is 0.337 e. The fourth-order valence-corrected chi connectivity index (χ4v) is 3.73. The van der Waals surface area contributed by atoms with Crippen molar-refractivity contribution in [1.82, 2.24) is 4.90 Å². The van der Waals surface area contributed by atoms with Gasteiger partial charge in [-0.15, -0.1) is 0 Å². The Morgan fingerprint density at radius 3 is 2.77 bits per heavy atom. The zero-order chi connectivity index (χ0) is 17.9. The quantitative estimate of drug-likeness (QED) is 0.788. The van der Waals surface area contributed by atoms with Crippen molar-refractivity contribution in [2.24, 2.45) is 0 Å². The van der Waals surface area contributed by atoms with Gasteiger partial charge in [0.2, 0.25) is 0 Å². The molecule has 2 aliphatic heterocycles. The Labute approximate surface area is 154 Å². The summed E-state index contributed by atoms with van der Waals surface area (Å²) in [6.45, 7) is 3.74. The third kappa shape index (κ3) is 3.25. The Kier molecular flexibility index (Phi) is 4.76. The fraction of sp³-hybridized carbons (Fsp3) is 0.318. The summed E-state index contributed by atoms with van der Waals surface area (Å²) in [5.41, 5.74) is 4.97. The largest absolute Gasteiger partial charge is 0.488 e. The molecular formula is C22H23NO3. The van der Waals surface area contributed by atoms with Gasteiger partial charge in [-0.3, -0.25) is 4.90 Å². The molecule has 134 valence electrons. The average molecular weight is 349 g/mol. The number of likely N-dealkylation sites (tertiary alicyclic amines) is 1. The Balaban J connectivity index is 1.81. The van der Waals surface area contributed by atoms with E-state index in [2.05, 4.69) is 29.2 Å². The van der Waals surface area contributed by atoms with Gasteiger partial charge in [-0.2, -0.15) is 0 Å². The van der Waals surface area contributed by atoms with E-state index >= 15 is 0 Å². The molecule has 4 heteroatoms. The third-order valence-electron chi connectivity index (χ3n) is 5.13. The first-order chi connectivity index (χ1) is 12.8. The minimum atomic E-state index is -0.329. The molecule has 0 amide bonds. The van der Waals surface area contributed by atoms with Crippen molar-refractivity contribution in [2.45, 2.75) is 19.4 Å². The first-order valence-electron chi connectivity index (χ1n) is 9.12. The third-order valence-corrected chi connectivity index (χ3v) is 5.13. The molecule has 0 atom stereocenters. The summed E-state index contributed by atoms with van der Waals surface area (Å²) < 4.78 is 10.9. The van der Waals surface area contributed by atoms with Gasteiger partial charge >= 0.3 is 5.97 Å². The van der Waals surface area contributed by atoms with Crippen molar-refractivity contribution < 1.29 is 14.3 Å². The summed E-state index contributed by atoms with van der Waals surface area (Å²) in [7, 11) is 1.41. The molecule has 0 saturated carbocycles. The van der Waals surface area contributed by atoms with Crippen LogP contribution in [0.3, 0.4) is 0 Å². The molecule has 2 aromatic rings. The highest BCUT2D eigenvalue weighted by atomic mass is 16.5. The molecule has 0 N–H and O–H groups in total. The molecule has 1 fully saturated rings. The summed E-state index contributed by atoms with van der Waals surface area (Å²) >= 11 is 0. The number of methoxy groups -OCH3 is 1. The molecule has 4 rings (SSSR count). The van der Waals surface area contributed by atoms with E-state index in [4.69, 9.17) is 9.47 Å². The first-order valence-corrected chi connectivity index (χ1v) is 9.12. The number of ether oxygens (including phenoxy) is 2. The zero-order valence-corrected chi connectivity index (χ0v) is 15.0. The van der Waals surface area contributed by atoms with Crippen LogP contribution in [0.15, 0.2) is 48.5 Å². The number of benzene rings is 2. The highest BCUT2D eigenvalue weighted by Crippen LogP contribution is 2.37. The lowest BCUT2D eigenvalue weighted by atomic mass is 9.93. The molecule has 4 nitrogen and oxygen atoms in total. The number of fused-ring (bicyclic) bond motifs is 2. The van der Waals surface area contributed by atoms with E-state index in [1.807, 2.05) is 18.2 Å². The predicted octanol–water partition coefficient (Wildman–Crippen LogP) is 3.89. The number of hydrogen-bond donors (Lipinski definition) is 0. The first kappa shape index (κ1) is 16.9. The summed E-state index contributed by atoms with van der Waals surface area (Å²) in [6.07, 6.45) is 4.82. The molecular weight excluding hydrogens is 326 g/mol. The van der Waals surface area contributed by atoms with E-state index in [-0.39, 0.29) is 5.97 Å². The predicted molar refractivity (Wildman–Crippen MR) is 101 cm³/mol. The number of carbonyl (C=O) groups excluding carboxylic acids is 1. The van der Waals surface area contributed by atoms with Crippen molar-refractivity contribution in [3.8, 4) is 5.75 Å². The molecule has 26 heavy (non-hydrogen) atoms. The Morgan fingerprint density at radius 1 is 1.15 bits per heavy atom. The minimum Gasteiger partial charge on any atom is -0.488 e. The molecule has 0 spiro atoms. The molecule has 2 aromatic carbocycles. The maximum absolute atomic E-state index is 12.0. The van der Waals surface area contributed by atoms with Crippen LogP contribution in [0.2, 0.25) is 0 Å². The Bertz CT molecular complexity index is 850. The van der Waals surface area contributed by atoms with Crippen molar-refractivity contribution in [3.63, 3.8) is 0 Å². The lowest BCUT2D eigenvalue weighted by molar-refractivity contribution is 0.0600. The molecule has 0 unspecified atom stereocenters.